The lowest BCUT2D eigenvalue weighted by Gasteiger charge is -2.26. The van der Waals surface area contributed by atoms with Gasteiger partial charge in [-0.1, -0.05) is 31.7 Å². The maximum atomic E-state index is 13.2. The molecule has 0 radical (unpaired) electrons. The van der Waals surface area contributed by atoms with Crippen LogP contribution < -0.4 is 10.6 Å². The zero-order valence-corrected chi connectivity index (χ0v) is 12.4. The summed E-state index contributed by atoms with van der Waals surface area (Å²) in [5.41, 5.74) is 0.422. The molecule has 116 valence electrons. The Bertz CT molecular complexity index is 497. The fourth-order valence-electron chi connectivity index (χ4n) is 2.70. The van der Waals surface area contributed by atoms with Crippen molar-refractivity contribution < 1.29 is 14.3 Å². The van der Waals surface area contributed by atoms with Gasteiger partial charge in [0, 0.05) is 12.2 Å². The van der Waals surface area contributed by atoms with E-state index in [4.69, 9.17) is 0 Å². The van der Waals surface area contributed by atoms with Crippen LogP contribution in [0.25, 0.3) is 0 Å². The Balaban J connectivity index is 1.88. The number of hydrogen-bond donors (Lipinski definition) is 3. The third-order valence-electron chi connectivity index (χ3n) is 4.06. The number of carbonyl (C=O) groups excluding carboxylic acids is 1. The average molecular weight is 294 g/mol. The summed E-state index contributed by atoms with van der Waals surface area (Å²) < 4.78 is 13.2. The summed E-state index contributed by atoms with van der Waals surface area (Å²) >= 11 is 0. The van der Waals surface area contributed by atoms with Crippen LogP contribution in [0, 0.1) is 12.7 Å². The van der Waals surface area contributed by atoms with E-state index in [0.717, 1.165) is 31.2 Å². The number of benzene rings is 1. The van der Waals surface area contributed by atoms with Gasteiger partial charge in [0.05, 0.1) is 5.60 Å². The molecule has 0 unspecified atom stereocenters. The summed E-state index contributed by atoms with van der Waals surface area (Å²) in [5.74, 6) is -0.390. The van der Waals surface area contributed by atoms with E-state index in [1.807, 2.05) is 0 Å². The van der Waals surface area contributed by atoms with Gasteiger partial charge in [0.2, 0.25) is 0 Å². The van der Waals surface area contributed by atoms with Gasteiger partial charge in [-0.15, -0.1) is 0 Å². The third-order valence-corrected chi connectivity index (χ3v) is 4.06. The molecule has 1 saturated carbocycles. The highest BCUT2D eigenvalue weighted by Crippen LogP contribution is 2.26. The van der Waals surface area contributed by atoms with Crippen molar-refractivity contribution in [2.45, 2.75) is 51.0 Å². The minimum absolute atomic E-state index is 0.229. The molecule has 1 aromatic carbocycles. The van der Waals surface area contributed by atoms with Crippen molar-refractivity contribution in [2.75, 3.05) is 11.9 Å². The van der Waals surface area contributed by atoms with Crippen molar-refractivity contribution in [1.82, 2.24) is 5.32 Å². The summed E-state index contributed by atoms with van der Waals surface area (Å²) in [7, 11) is 0. The highest BCUT2D eigenvalue weighted by molar-refractivity contribution is 5.90. The average Bonchev–Trinajstić information content (AvgIpc) is 2.66. The smallest absolute Gasteiger partial charge is 0.319 e. The zero-order valence-electron chi connectivity index (χ0n) is 12.4. The van der Waals surface area contributed by atoms with E-state index in [1.54, 1.807) is 13.0 Å². The van der Waals surface area contributed by atoms with E-state index in [2.05, 4.69) is 10.6 Å². The van der Waals surface area contributed by atoms with Crippen LogP contribution in [0.4, 0.5) is 14.9 Å². The molecule has 4 nitrogen and oxygen atoms in total. The first kappa shape index (κ1) is 15.8. The molecule has 0 atom stereocenters. The summed E-state index contributed by atoms with van der Waals surface area (Å²) in [5, 5.41) is 15.8. The zero-order chi connectivity index (χ0) is 15.3. The van der Waals surface area contributed by atoms with Crippen molar-refractivity contribution in [3.05, 3.63) is 29.6 Å². The van der Waals surface area contributed by atoms with E-state index in [0.29, 0.717) is 18.5 Å². The molecule has 0 heterocycles. The predicted molar refractivity (Wildman–Crippen MR) is 80.8 cm³/mol. The summed E-state index contributed by atoms with van der Waals surface area (Å²) in [4.78, 5) is 11.9. The topological polar surface area (TPSA) is 61.4 Å². The number of halogens is 1. The molecule has 21 heavy (non-hydrogen) atoms. The fourth-order valence-corrected chi connectivity index (χ4v) is 2.70. The van der Waals surface area contributed by atoms with Crippen LogP contribution in [0.2, 0.25) is 0 Å². The van der Waals surface area contributed by atoms with Crippen LogP contribution in [0.1, 0.15) is 44.1 Å². The largest absolute Gasteiger partial charge is 0.388 e. The second kappa shape index (κ2) is 6.89. The first-order chi connectivity index (χ1) is 9.98. The summed E-state index contributed by atoms with van der Waals surface area (Å²) in [6.07, 6.45) is 5.68. The fraction of sp³-hybridized carbons (Fsp3) is 0.562. The van der Waals surface area contributed by atoms with Crippen LogP contribution in [0.3, 0.4) is 0 Å². The first-order valence-electron chi connectivity index (χ1n) is 7.52. The number of rotatable bonds is 3. The van der Waals surface area contributed by atoms with Crippen molar-refractivity contribution in [3.63, 3.8) is 0 Å². The van der Waals surface area contributed by atoms with E-state index in [1.165, 1.54) is 12.1 Å². The summed E-state index contributed by atoms with van der Waals surface area (Å²) in [6.45, 7) is 2.03. The number of urea groups is 1. The molecule has 0 aliphatic heterocycles. The lowest BCUT2D eigenvalue weighted by Crippen LogP contribution is -2.44. The molecular weight excluding hydrogens is 271 g/mol. The number of aryl methyl sites for hydroxylation is 1. The number of carbonyl (C=O) groups is 1. The molecule has 2 rings (SSSR count). The SMILES string of the molecule is Cc1ccc(F)cc1NC(=O)NCC1(O)CCCCCC1. The first-order valence-corrected chi connectivity index (χ1v) is 7.52. The molecule has 1 aliphatic rings. The number of amides is 2. The second-order valence-electron chi connectivity index (χ2n) is 5.91. The van der Waals surface area contributed by atoms with Crippen molar-refractivity contribution in [3.8, 4) is 0 Å². The molecular formula is C16H23FN2O2. The van der Waals surface area contributed by atoms with E-state index < -0.39 is 17.4 Å². The van der Waals surface area contributed by atoms with Gasteiger partial charge in [0.25, 0.3) is 0 Å². The van der Waals surface area contributed by atoms with Crippen molar-refractivity contribution >= 4 is 11.7 Å². The Kier molecular flexibility index (Phi) is 5.17. The maximum Gasteiger partial charge on any atom is 0.319 e. The standard InChI is InChI=1S/C16H23FN2O2/c1-12-6-7-13(17)10-14(12)19-15(20)18-11-16(21)8-4-2-3-5-9-16/h6-7,10,21H,2-5,8-9,11H2,1H3,(H2,18,19,20). The second-order valence-corrected chi connectivity index (χ2v) is 5.91. The number of anilines is 1. The van der Waals surface area contributed by atoms with Gasteiger partial charge in [-0.05, 0) is 37.5 Å². The van der Waals surface area contributed by atoms with Gasteiger partial charge < -0.3 is 15.7 Å². The van der Waals surface area contributed by atoms with Crippen molar-refractivity contribution in [2.24, 2.45) is 0 Å². The van der Waals surface area contributed by atoms with E-state index in [-0.39, 0.29) is 6.54 Å². The monoisotopic (exact) mass is 294 g/mol. The molecule has 0 spiro atoms. The Morgan fingerprint density at radius 1 is 1.29 bits per heavy atom. The Morgan fingerprint density at radius 3 is 2.62 bits per heavy atom. The van der Waals surface area contributed by atoms with Crippen LogP contribution in [0.5, 0.6) is 0 Å². The number of nitrogens with one attached hydrogen (secondary N) is 2. The number of hydrogen-bond acceptors (Lipinski definition) is 2. The molecule has 1 aliphatic carbocycles. The quantitative estimate of drug-likeness (QED) is 0.749. The molecule has 0 bridgehead atoms. The Hall–Kier alpha value is -1.62. The normalized spacial score (nSPS) is 17.9. The highest BCUT2D eigenvalue weighted by Gasteiger charge is 2.28. The Labute approximate surface area is 124 Å². The van der Waals surface area contributed by atoms with Gasteiger partial charge in [-0.3, -0.25) is 0 Å². The molecule has 5 heteroatoms. The molecule has 2 amide bonds. The predicted octanol–water partition coefficient (Wildman–Crippen LogP) is 3.34. The van der Waals surface area contributed by atoms with Crippen LogP contribution >= 0.6 is 0 Å². The van der Waals surface area contributed by atoms with Crippen molar-refractivity contribution in [1.29, 1.82) is 0 Å². The minimum atomic E-state index is -0.815. The van der Waals surface area contributed by atoms with Crippen LogP contribution in [-0.4, -0.2) is 23.3 Å². The molecule has 1 fully saturated rings. The van der Waals surface area contributed by atoms with Gasteiger partial charge in [-0.25, -0.2) is 9.18 Å². The minimum Gasteiger partial charge on any atom is -0.388 e. The van der Waals surface area contributed by atoms with Crippen LogP contribution in [0.15, 0.2) is 18.2 Å². The maximum absolute atomic E-state index is 13.2. The van der Waals surface area contributed by atoms with E-state index in [9.17, 15) is 14.3 Å². The summed E-state index contributed by atoms with van der Waals surface area (Å²) in [6, 6.07) is 3.84. The van der Waals surface area contributed by atoms with Gasteiger partial charge in [-0.2, -0.15) is 0 Å². The lowest BCUT2D eigenvalue weighted by molar-refractivity contribution is 0.0281. The van der Waals surface area contributed by atoms with Gasteiger partial charge in [0.1, 0.15) is 5.82 Å². The van der Waals surface area contributed by atoms with Gasteiger partial charge in [0.15, 0.2) is 0 Å². The van der Waals surface area contributed by atoms with Crippen LogP contribution in [-0.2, 0) is 0 Å². The Morgan fingerprint density at radius 2 is 1.95 bits per heavy atom. The van der Waals surface area contributed by atoms with E-state index >= 15 is 0 Å². The van der Waals surface area contributed by atoms with Gasteiger partial charge >= 0.3 is 6.03 Å². The third kappa shape index (κ3) is 4.70. The highest BCUT2D eigenvalue weighted by atomic mass is 19.1. The lowest BCUT2D eigenvalue weighted by atomic mass is 9.95. The molecule has 1 aromatic rings. The number of aliphatic hydroxyl groups is 1. The molecule has 0 saturated heterocycles. The molecule has 3 N–H and O–H groups in total. The molecule has 0 aromatic heterocycles.